The molecule has 0 radical (unpaired) electrons. The van der Waals surface area contributed by atoms with Gasteiger partial charge in [0.25, 0.3) is 0 Å². The topological polar surface area (TPSA) is 51.6 Å². The van der Waals surface area contributed by atoms with Crippen LogP contribution < -0.4 is 0 Å². The molecule has 0 bridgehead atoms. The van der Waals surface area contributed by atoms with Crippen LogP contribution in [0.15, 0.2) is 183 Å². The summed E-state index contributed by atoms with van der Waals surface area (Å²) in [7, 11) is 0. The highest BCUT2D eigenvalue weighted by Gasteiger charge is 2.13. The van der Waals surface area contributed by atoms with E-state index in [0.29, 0.717) is 0 Å². The second-order valence-corrected chi connectivity index (χ2v) is 11.6. The maximum Gasteiger partial charge on any atom is 0.116 e. The Morgan fingerprint density at radius 1 is 0.271 bits per heavy atom. The Morgan fingerprint density at radius 3 is 1.17 bits per heavy atom. The lowest BCUT2D eigenvalue weighted by molar-refractivity contribution is 1.17. The SMILES string of the molecule is c1ccc(-c2cc(-c3cc(-c4ccc(-c5ccncc5)cc4)cc(-c4ccc(-c5ccncn5)cc4)c3)cc(-c3ccccc3)n2)cc1. The molecule has 0 saturated carbocycles. The van der Waals surface area contributed by atoms with Gasteiger partial charge in [-0.15, -0.1) is 0 Å². The van der Waals surface area contributed by atoms with E-state index >= 15 is 0 Å². The Balaban J connectivity index is 1.28. The first-order valence-corrected chi connectivity index (χ1v) is 15.9. The summed E-state index contributed by atoms with van der Waals surface area (Å²) in [5.41, 5.74) is 15.1. The summed E-state index contributed by atoms with van der Waals surface area (Å²) in [5.74, 6) is 0. The normalized spacial score (nSPS) is 10.9. The molecule has 0 amide bonds. The van der Waals surface area contributed by atoms with Crippen molar-refractivity contribution < 1.29 is 0 Å². The fourth-order valence-electron chi connectivity index (χ4n) is 6.03. The molecule has 0 fully saturated rings. The second kappa shape index (κ2) is 13.1. The summed E-state index contributed by atoms with van der Waals surface area (Å²) in [6.45, 7) is 0. The van der Waals surface area contributed by atoms with Gasteiger partial charge in [-0.2, -0.15) is 0 Å². The first kappa shape index (κ1) is 28.9. The van der Waals surface area contributed by atoms with Crippen molar-refractivity contribution in [1.29, 1.82) is 0 Å². The van der Waals surface area contributed by atoms with Gasteiger partial charge in [-0.05, 0) is 93.0 Å². The van der Waals surface area contributed by atoms with E-state index in [9.17, 15) is 0 Å². The zero-order valence-corrected chi connectivity index (χ0v) is 26.1. The Hall–Kier alpha value is -6.52. The number of aromatic nitrogens is 4. The first-order valence-electron chi connectivity index (χ1n) is 15.9. The van der Waals surface area contributed by atoms with Crippen molar-refractivity contribution in [3.63, 3.8) is 0 Å². The Labute approximate surface area is 280 Å². The van der Waals surface area contributed by atoms with E-state index in [0.717, 1.165) is 78.3 Å². The van der Waals surface area contributed by atoms with Crippen LogP contribution in [-0.4, -0.2) is 19.9 Å². The maximum atomic E-state index is 5.12. The molecule has 4 heteroatoms. The third kappa shape index (κ3) is 6.15. The van der Waals surface area contributed by atoms with Crippen molar-refractivity contribution in [3.05, 3.63) is 183 Å². The number of hydrogen-bond donors (Lipinski definition) is 0. The van der Waals surface area contributed by atoms with Crippen LogP contribution in [-0.2, 0) is 0 Å². The fourth-order valence-corrected chi connectivity index (χ4v) is 6.03. The first-order chi connectivity index (χ1) is 23.8. The highest BCUT2D eigenvalue weighted by atomic mass is 14.8. The molecular formula is C44H30N4. The van der Waals surface area contributed by atoms with Crippen LogP contribution in [0.2, 0.25) is 0 Å². The van der Waals surface area contributed by atoms with Gasteiger partial charge in [-0.1, -0.05) is 109 Å². The van der Waals surface area contributed by atoms with Crippen molar-refractivity contribution in [2.24, 2.45) is 0 Å². The summed E-state index contributed by atoms with van der Waals surface area (Å²) in [6.07, 6.45) is 7.02. The van der Waals surface area contributed by atoms with E-state index in [-0.39, 0.29) is 0 Å². The molecule has 0 N–H and O–H groups in total. The predicted octanol–water partition coefficient (Wildman–Crippen LogP) is 10.9. The molecule has 0 aliphatic heterocycles. The van der Waals surface area contributed by atoms with Gasteiger partial charge in [0.05, 0.1) is 17.1 Å². The molecule has 0 aliphatic carbocycles. The van der Waals surface area contributed by atoms with Crippen molar-refractivity contribution in [2.75, 3.05) is 0 Å². The number of pyridine rings is 2. The second-order valence-electron chi connectivity index (χ2n) is 11.6. The lowest BCUT2D eigenvalue weighted by atomic mass is 9.91. The minimum Gasteiger partial charge on any atom is -0.265 e. The summed E-state index contributed by atoms with van der Waals surface area (Å²) < 4.78 is 0. The van der Waals surface area contributed by atoms with Crippen molar-refractivity contribution in [3.8, 4) is 78.3 Å². The van der Waals surface area contributed by atoms with Crippen LogP contribution in [0.4, 0.5) is 0 Å². The van der Waals surface area contributed by atoms with Crippen LogP contribution in [0, 0.1) is 0 Å². The predicted molar refractivity (Wildman–Crippen MR) is 196 cm³/mol. The standard InChI is InChI=1S/C44H30N4/c1-3-7-35(8-4-1)43-28-41(29-44(48-43)36-9-5-2-6-10-36)40-26-38(32-13-11-31(12-14-32)34-19-22-45-23-20-34)25-39(27-40)33-15-17-37(18-16-33)42-21-24-46-30-47-42/h1-30H. The van der Waals surface area contributed by atoms with Crippen molar-refractivity contribution in [1.82, 2.24) is 19.9 Å². The molecule has 4 nitrogen and oxygen atoms in total. The van der Waals surface area contributed by atoms with E-state index in [1.165, 1.54) is 0 Å². The molecule has 0 aliphatic rings. The Bertz CT molecular complexity index is 2130. The Morgan fingerprint density at radius 2 is 0.667 bits per heavy atom. The van der Waals surface area contributed by atoms with Gasteiger partial charge in [0.1, 0.15) is 6.33 Å². The smallest absolute Gasteiger partial charge is 0.116 e. The lowest BCUT2D eigenvalue weighted by Gasteiger charge is -2.14. The molecule has 3 aromatic heterocycles. The van der Waals surface area contributed by atoms with Crippen LogP contribution >= 0.6 is 0 Å². The third-order valence-corrected chi connectivity index (χ3v) is 8.56. The van der Waals surface area contributed by atoms with Crippen LogP contribution in [0.1, 0.15) is 0 Å². The average molecular weight is 615 g/mol. The van der Waals surface area contributed by atoms with Gasteiger partial charge in [-0.25, -0.2) is 15.0 Å². The quantitative estimate of drug-likeness (QED) is 0.179. The fraction of sp³-hybridized carbons (Fsp3) is 0. The number of benzene rings is 5. The minimum absolute atomic E-state index is 0.902. The van der Waals surface area contributed by atoms with E-state index in [1.807, 2.05) is 42.7 Å². The summed E-state index contributed by atoms with van der Waals surface area (Å²) in [4.78, 5) is 17.8. The summed E-state index contributed by atoms with van der Waals surface area (Å²) >= 11 is 0. The zero-order chi connectivity index (χ0) is 32.1. The van der Waals surface area contributed by atoms with Crippen molar-refractivity contribution >= 4 is 0 Å². The molecule has 0 atom stereocenters. The van der Waals surface area contributed by atoms with E-state index in [4.69, 9.17) is 4.98 Å². The highest BCUT2D eigenvalue weighted by molar-refractivity contribution is 5.85. The minimum atomic E-state index is 0.902. The van der Waals surface area contributed by atoms with Crippen LogP contribution in [0.25, 0.3) is 78.3 Å². The van der Waals surface area contributed by atoms with Crippen LogP contribution in [0.5, 0.6) is 0 Å². The van der Waals surface area contributed by atoms with Crippen molar-refractivity contribution in [2.45, 2.75) is 0 Å². The van der Waals surface area contributed by atoms with Gasteiger partial charge in [0.2, 0.25) is 0 Å². The van der Waals surface area contributed by atoms with Gasteiger partial charge in [-0.3, -0.25) is 4.98 Å². The molecule has 48 heavy (non-hydrogen) atoms. The van der Waals surface area contributed by atoms with E-state index in [2.05, 4.69) is 142 Å². The van der Waals surface area contributed by atoms with E-state index in [1.54, 1.807) is 12.5 Å². The molecule has 8 aromatic rings. The van der Waals surface area contributed by atoms with Gasteiger partial charge in [0.15, 0.2) is 0 Å². The highest BCUT2D eigenvalue weighted by Crippen LogP contribution is 2.37. The lowest BCUT2D eigenvalue weighted by Crippen LogP contribution is -1.92. The monoisotopic (exact) mass is 614 g/mol. The summed E-state index contributed by atoms with van der Waals surface area (Å²) in [5, 5.41) is 0. The van der Waals surface area contributed by atoms with Gasteiger partial charge < -0.3 is 0 Å². The molecule has 226 valence electrons. The number of nitrogens with zero attached hydrogens (tertiary/aromatic N) is 4. The van der Waals surface area contributed by atoms with Crippen LogP contribution in [0.3, 0.4) is 0 Å². The number of hydrogen-bond acceptors (Lipinski definition) is 4. The van der Waals surface area contributed by atoms with Gasteiger partial charge in [0, 0.05) is 35.3 Å². The summed E-state index contributed by atoms with van der Waals surface area (Å²) in [6, 6.07) is 55.4. The zero-order valence-electron chi connectivity index (χ0n) is 26.1. The van der Waals surface area contributed by atoms with E-state index < -0.39 is 0 Å². The molecule has 0 spiro atoms. The number of rotatable bonds is 7. The molecule has 8 rings (SSSR count). The molecule has 0 unspecified atom stereocenters. The largest absolute Gasteiger partial charge is 0.265 e. The molecule has 5 aromatic carbocycles. The third-order valence-electron chi connectivity index (χ3n) is 8.56. The maximum absolute atomic E-state index is 5.12. The molecule has 3 heterocycles. The Kier molecular flexibility index (Phi) is 7.87. The average Bonchev–Trinajstić information content (AvgIpc) is 3.19. The molecule has 0 saturated heterocycles. The van der Waals surface area contributed by atoms with Gasteiger partial charge >= 0.3 is 0 Å². The molecular weight excluding hydrogens is 585 g/mol.